The van der Waals surface area contributed by atoms with Crippen LogP contribution in [0.5, 0.6) is 5.75 Å². The molecule has 2 rings (SSSR count). The Morgan fingerprint density at radius 2 is 1.32 bits per heavy atom. The van der Waals surface area contributed by atoms with Gasteiger partial charge in [-0.05, 0) is 24.3 Å². The van der Waals surface area contributed by atoms with E-state index < -0.39 is 67.3 Å². The predicted molar refractivity (Wildman–Crippen MR) is 121 cm³/mol. The molecule has 0 saturated carbocycles. The van der Waals surface area contributed by atoms with Gasteiger partial charge >= 0.3 is 30.0 Å². The molecular formula is C23H29NO13. The van der Waals surface area contributed by atoms with Gasteiger partial charge in [0, 0.05) is 33.4 Å². The van der Waals surface area contributed by atoms with E-state index in [9.17, 15) is 24.0 Å². The summed E-state index contributed by atoms with van der Waals surface area (Å²) in [6.45, 7) is 3.49. The van der Waals surface area contributed by atoms with Gasteiger partial charge in [-0.1, -0.05) is 0 Å². The fourth-order valence-corrected chi connectivity index (χ4v) is 3.27. The number of rotatable bonds is 10. The summed E-state index contributed by atoms with van der Waals surface area (Å²) in [5, 5.41) is 0. The second-order valence-electron chi connectivity index (χ2n) is 7.71. The molecule has 1 aliphatic rings. The summed E-state index contributed by atoms with van der Waals surface area (Å²) in [5.74, 6) is -2.75. The average molecular weight is 527 g/mol. The van der Waals surface area contributed by atoms with Gasteiger partial charge in [-0.15, -0.1) is 0 Å². The van der Waals surface area contributed by atoms with Crippen LogP contribution >= 0.6 is 0 Å². The first-order valence-electron chi connectivity index (χ1n) is 11.1. The maximum Gasteiger partial charge on any atom is 0.513 e. The van der Waals surface area contributed by atoms with Crippen LogP contribution in [-0.4, -0.2) is 80.6 Å². The molecule has 1 aliphatic heterocycles. The van der Waals surface area contributed by atoms with E-state index in [1.54, 1.807) is 0 Å². The lowest BCUT2D eigenvalue weighted by Crippen LogP contribution is -2.63. The first kappa shape index (κ1) is 29.3. The minimum atomic E-state index is -1.39. The summed E-state index contributed by atoms with van der Waals surface area (Å²) in [5.41, 5.74) is 6.06. The van der Waals surface area contributed by atoms with Crippen molar-refractivity contribution in [2.75, 3.05) is 25.6 Å². The van der Waals surface area contributed by atoms with Crippen LogP contribution in [-0.2, 0) is 52.3 Å². The van der Waals surface area contributed by atoms with Crippen LogP contribution in [0.4, 0.5) is 10.5 Å². The smallest absolute Gasteiger partial charge is 0.463 e. The van der Waals surface area contributed by atoms with Crippen LogP contribution in [0.1, 0.15) is 27.7 Å². The summed E-state index contributed by atoms with van der Waals surface area (Å²) in [4.78, 5) is 58.6. The van der Waals surface area contributed by atoms with Crippen molar-refractivity contribution in [3.63, 3.8) is 0 Å². The number of hydrogen-bond acceptors (Lipinski definition) is 14. The van der Waals surface area contributed by atoms with E-state index >= 15 is 0 Å². The molecule has 0 aromatic heterocycles. The molecule has 0 bridgehead atoms. The Hall–Kier alpha value is -3.91. The Morgan fingerprint density at radius 1 is 0.757 bits per heavy atom. The van der Waals surface area contributed by atoms with Crippen LogP contribution in [0.2, 0.25) is 0 Å². The number of hydrogen-bond donors (Lipinski definition) is 1. The monoisotopic (exact) mass is 527 g/mol. The minimum absolute atomic E-state index is 0.208. The molecule has 204 valence electrons. The molecule has 1 aromatic carbocycles. The van der Waals surface area contributed by atoms with Gasteiger partial charge in [0.1, 0.15) is 25.1 Å². The molecule has 2 N–H and O–H groups in total. The van der Waals surface area contributed by atoms with E-state index in [-0.39, 0.29) is 19.0 Å². The van der Waals surface area contributed by atoms with Crippen molar-refractivity contribution in [1.82, 2.24) is 0 Å². The zero-order chi connectivity index (χ0) is 27.5. The maximum absolute atomic E-state index is 11.9. The van der Waals surface area contributed by atoms with Gasteiger partial charge in [-0.25, -0.2) is 4.79 Å². The second kappa shape index (κ2) is 14.0. The number of esters is 4. The zero-order valence-corrected chi connectivity index (χ0v) is 20.7. The molecule has 0 amide bonds. The number of nitrogen functional groups attached to an aromatic ring is 1. The van der Waals surface area contributed by atoms with Gasteiger partial charge in [-0.2, -0.15) is 0 Å². The van der Waals surface area contributed by atoms with Crippen molar-refractivity contribution in [3.05, 3.63) is 24.3 Å². The van der Waals surface area contributed by atoms with Crippen LogP contribution in [0.15, 0.2) is 24.3 Å². The molecule has 14 nitrogen and oxygen atoms in total. The third-order valence-electron chi connectivity index (χ3n) is 4.61. The van der Waals surface area contributed by atoms with Crippen LogP contribution in [0.3, 0.4) is 0 Å². The number of anilines is 1. The summed E-state index contributed by atoms with van der Waals surface area (Å²) in [7, 11) is 0. The second-order valence-corrected chi connectivity index (χ2v) is 7.71. The van der Waals surface area contributed by atoms with E-state index in [2.05, 4.69) is 0 Å². The van der Waals surface area contributed by atoms with Crippen molar-refractivity contribution in [2.24, 2.45) is 0 Å². The number of benzene rings is 1. The molecule has 1 aromatic rings. The topological polar surface area (TPSA) is 185 Å². The molecule has 3 unspecified atom stereocenters. The van der Waals surface area contributed by atoms with Gasteiger partial charge < -0.3 is 43.6 Å². The van der Waals surface area contributed by atoms with Crippen LogP contribution < -0.4 is 10.5 Å². The zero-order valence-electron chi connectivity index (χ0n) is 20.7. The first-order valence-corrected chi connectivity index (χ1v) is 11.1. The highest BCUT2D eigenvalue weighted by Crippen LogP contribution is 2.30. The van der Waals surface area contributed by atoms with Crippen LogP contribution in [0, 0.1) is 0 Å². The van der Waals surface area contributed by atoms with Gasteiger partial charge in [0.2, 0.25) is 0 Å². The molecule has 37 heavy (non-hydrogen) atoms. The van der Waals surface area contributed by atoms with Gasteiger partial charge in [-0.3, -0.25) is 19.2 Å². The molecule has 0 radical (unpaired) electrons. The highest BCUT2D eigenvalue weighted by atomic mass is 16.8. The van der Waals surface area contributed by atoms with Gasteiger partial charge in [0.05, 0.1) is 6.61 Å². The molecular weight excluding hydrogens is 498 g/mol. The summed E-state index contributed by atoms with van der Waals surface area (Å²) < 4.78 is 42.1. The molecule has 5 atom stereocenters. The van der Waals surface area contributed by atoms with Crippen LogP contribution in [0.25, 0.3) is 0 Å². The molecule has 1 saturated heterocycles. The highest BCUT2D eigenvalue weighted by Gasteiger charge is 2.52. The van der Waals surface area contributed by atoms with Crippen molar-refractivity contribution < 1.29 is 61.9 Å². The highest BCUT2D eigenvalue weighted by molar-refractivity contribution is 5.68. The lowest BCUT2D eigenvalue weighted by molar-refractivity contribution is -0.308. The molecule has 0 aliphatic carbocycles. The van der Waals surface area contributed by atoms with E-state index in [0.717, 1.165) is 27.7 Å². The lowest BCUT2D eigenvalue weighted by atomic mass is 9.98. The number of carbonyl (C=O) groups excluding carboxylic acids is 5. The maximum atomic E-state index is 11.9. The summed E-state index contributed by atoms with van der Waals surface area (Å²) >= 11 is 0. The Morgan fingerprint density at radius 3 is 1.89 bits per heavy atom. The van der Waals surface area contributed by atoms with Crippen molar-refractivity contribution in [1.29, 1.82) is 0 Å². The summed E-state index contributed by atoms with van der Waals surface area (Å²) in [6.07, 6.45) is -7.64. The Bertz CT molecular complexity index is 964. The third-order valence-corrected chi connectivity index (χ3v) is 4.61. The summed E-state index contributed by atoms with van der Waals surface area (Å²) in [6, 6.07) is 6.03. The molecule has 1 fully saturated rings. The fourth-order valence-electron chi connectivity index (χ4n) is 3.27. The van der Waals surface area contributed by atoms with Crippen molar-refractivity contribution in [2.45, 2.75) is 58.4 Å². The van der Waals surface area contributed by atoms with E-state index in [0.29, 0.717) is 5.69 Å². The number of ether oxygens (including phenoxy) is 8. The lowest BCUT2D eigenvalue weighted by Gasteiger charge is -2.44. The first-order chi connectivity index (χ1) is 17.5. The van der Waals surface area contributed by atoms with Crippen molar-refractivity contribution in [3.8, 4) is 5.75 Å². The minimum Gasteiger partial charge on any atom is -0.463 e. The molecule has 14 heteroatoms. The number of carbonyl (C=O) groups is 5. The van der Waals surface area contributed by atoms with Gasteiger partial charge in [0.25, 0.3) is 0 Å². The fraction of sp³-hybridized carbons (Fsp3) is 0.522. The quantitative estimate of drug-likeness (QED) is 0.149. The molecule has 1 heterocycles. The standard InChI is InChI=1S/C23H29NO13/c1-12(25)32-11-18-19(33-13(2)26)20(34-14(3)27)21(35-15(4)28)22(37-18)30-9-10-31-23(29)36-17-7-5-16(24)6-8-17/h5-8,18-22H,9-11,24H2,1-4H3/t18?,19-,20?,21-,22?/m1/s1. The normalized spacial score (nSPS) is 22.8. The average Bonchev–Trinajstić information content (AvgIpc) is 2.79. The Kier molecular flexibility index (Phi) is 11.1. The Balaban J connectivity index is 2.12. The van der Waals surface area contributed by atoms with Crippen molar-refractivity contribution >= 4 is 35.7 Å². The van der Waals surface area contributed by atoms with Gasteiger partial charge in [0.15, 0.2) is 24.6 Å². The van der Waals surface area contributed by atoms with E-state index in [1.165, 1.54) is 24.3 Å². The Labute approximate surface area is 212 Å². The molecule has 0 spiro atoms. The predicted octanol–water partition coefficient (Wildman–Crippen LogP) is 0.884. The van der Waals surface area contributed by atoms with E-state index in [4.69, 9.17) is 43.6 Å². The van der Waals surface area contributed by atoms with E-state index in [1.807, 2.05) is 0 Å². The SMILES string of the molecule is CC(=O)OCC1OC(OCCOC(=O)Oc2ccc(N)cc2)[C@H](OC(C)=O)C(OC(C)=O)[C@@H]1OC(C)=O. The largest absolute Gasteiger partial charge is 0.513 e. The number of nitrogens with two attached hydrogens (primary N) is 1. The third kappa shape index (κ3) is 9.93.